The van der Waals surface area contributed by atoms with E-state index in [0.29, 0.717) is 28.5 Å². The van der Waals surface area contributed by atoms with E-state index in [2.05, 4.69) is 25.6 Å². The van der Waals surface area contributed by atoms with E-state index in [-0.39, 0.29) is 23.8 Å². The van der Waals surface area contributed by atoms with Crippen molar-refractivity contribution in [3.8, 4) is 0 Å². The number of hydrogen-bond donors (Lipinski definition) is 2. The summed E-state index contributed by atoms with van der Waals surface area (Å²) in [5.41, 5.74) is 2.31. The van der Waals surface area contributed by atoms with Crippen LogP contribution in [-0.4, -0.2) is 31.5 Å². The summed E-state index contributed by atoms with van der Waals surface area (Å²) in [4.78, 5) is 25.8. The fraction of sp³-hybridized carbons (Fsp3) is 0.368. The number of benzene rings is 1. The maximum absolute atomic E-state index is 12.5. The Kier molecular flexibility index (Phi) is 5.60. The zero-order valence-corrected chi connectivity index (χ0v) is 16.6. The van der Waals surface area contributed by atoms with Crippen LogP contribution in [-0.2, 0) is 6.54 Å². The maximum Gasteiger partial charge on any atom is 0.289 e. The number of halogens is 1. The van der Waals surface area contributed by atoms with Gasteiger partial charge in [0.05, 0.1) is 6.33 Å². The number of aromatic nitrogens is 4. The summed E-state index contributed by atoms with van der Waals surface area (Å²) in [6.07, 6.45) is 1.72. The highest BCUT2D eigenvalue weighted by atomic mass is 35.5. The molecule has 2 aromatic heterocycles. The van der Waals surface area contributed by atoms with Gasteiger partial charge in [0.15, 0.2) is 11.5 Å². The lowest BCUT2D eigenvalue weighted by molar-refractivity contribution is 0.0933. The van der Waals surface area contributed by atoms with E-state index >= 15 is 0 Å². The number of rotatable bonds is 6. The van der Waals surface area contributed by atoms with Gasteiger partial charge in [-0.15, -0.1) is 0 Å². The normalized spacial score (nSPS) is 11.4. The SMILES string of the molecule is CC(C)NC(=O)c1nc(NCc2ccc(Cl)cc2)c2ncn(C(C)C)c2n1. The molecule has 0 spiro atoms. The van der Waals surface area contributed by atoms with Gasteiger partial charge >= 0.3 is 0 Å². The summed E-state index contributed by atoms with van der Waals surface area (Å²) in [5.74, 6) is 0.346. The first-order valence-electron chi connectivity index (χ1n) is 8.89. The zero-order valence-electron chi connectivity index (χ0n) is 15.8. The number of nitrogens with zero attached hydrogens (tertiary/aromatic N) is 4. The van der Waals surface area contributed by atoms with Crippen molar-refractivity contribution in [2.45, 2.75) is 46.3 Å². The molecule has 0 saturated heterocycles. The molecule has 0 aliphatic rings. The van der Waals surface area contributed by atoms with Crippen LogP contribution in [0.3, 0.4) is 0 Å². The van der Waals surface area contributed by atoms with E-state index in [4.69, 9.17) is 11.6 Å². The van der Waals surface area contributed by atoms with E-state index < -0.39 is 0 Å². The molecule has 0 radical (unpaired) electrons. The largest absolute Gasteiger partial charge is 0.364 e. The van der Waals surface area contributed by atoms with Gasteiger partial charge in [0.25, 0.3) is 5.91 Å². The van der Waals surface area contributed by atoms with Gasteiger partial charge in [0.1, 0.15) is 5.52 Å². The van der Waals surface area contributed by atoms with Crippen LogP contribution in [0.5, 0.6) is 0 Å². The number of amides is 1. The summed E-state index contributed by atoms with van der Waals surface area (Å²) in [6, 6.07) is 7.71. The van der Waals surface area contributed by atoms with Crippen LogP contribution in [0.15, 0.2) is 30.6 Å². The Morgan fingerprint density at radius 2 is 1.85 bits per heavy atom. The van der Waals surface area contributed by atoms with Crippen LogP contribution < -0.4 is 10.6 Å². The second-order valence-electron chi connectivity index (χ2n) is 6.92. The molecule has 0 atom stereocenters. The smallest absolute Gasteiger partial charge is 0.289 e. The zero-order chi connectivity index (χ0) is 19.6. The summed E-state index contributed by atoms with van der Waals surface area (Å²) >= 11 is 5.94. The Labute approximate surface area is 163 Å². The Morgan fingerprint density at radius 3 is 2.48 bits per heavy atom. The predicted octanol–water partition coefficient (Wildman–Crippen LogP) is 3.81. The van der Waals surface area contributed by atoms with Gasteiger partial charge in [-0.25, -0.2) is 15.0 Å². The highest BCUT2D eigenvalue weighted by molar-refractivity contribution is 6.30. The monoisotopic (exact) mass is 386 g/mol. The van der Waals surface area contributed by atoms with Crippen molar-refractivity contribution in [1.29, 1.82) is 0 Å². The number of carbonyl (C=O) groups excluding carboxylic acids is 1. The number of carbonyl (C=O) groups is 1. The van der Waals surface area contributed by atoms with Crippen LogP contribution in [0.1, 0.15) is 49.9 Å². The molecular formula is C19H23ClN6O. The van der Waals surface area contributed by atoms with E-state index in [9.17, 15) is 4.79 Å². The molecule has 27 heavy (non-hydrogen) atoms. The first-order valence-corrected chi connectivity index (χ1v) is 9.26. The Hall–Kier alpha value is -2.67. The molecule has 2 N–H and O–H groups in total. The lowest BCUT2D eigenvalue weighted by Gasteiger charge is -2.12. The Bertz CT molecular complexity index is 949. The third kappa shape index (κ3) is 4.36. The number of imidazole rings is 1. The lowest BCUT2D eigenvalue weighted by Crippen LogP contribution is -2.31. The first-order chi connectivity index (χ1) is 12.8. The van der Waals surface area contributed by atoms with E-state index in [1.165, 1.54) is 0 Å². The summed E-state index contributed by atoms with van der Waals surface area (Å²) < 4.78 is 1.93. The van der Waals surface area contributed by atoms with Crippen LogP contribution in [0, 0.1) is 0 Å². The van der Waals surface area contributed by atoms with Crippen molar-refractivity contribution in [3.05, 3.63) is 47.0 Å². The summed E-state index contributed by atoms with van der Waals surface area (Å²) in [6.45, 7) is 8.40. The highest BCUT2D eigenvalue weighted by Crippen LogP contribution is 2.22. The van der Waals surface area contributed by atoms with Gasteiger partial charge in [0, 0.05) is 23.7 Å². The molecule has 8 heteroatoms. The van der Waals surface area contributed by atoms with Gasteiger partial charge in [-0.1, -0.05) is 23.7 Å². The van der Waals surface area contributed by atoms with Crippen LogP contribution in [0.4, 0.5) is 5.82 Å². The number of fused-ring (bicyclic) bond motifs is 1. The average Bonchev–Trinajstić information content (AvgIpc) is 3.04. The molecule has 2 heterocycles. The lowest BCUT2D eigenvalue weighted by atomic mass is 10.2. The minimum atomic E-state index is -0.307. The quantitative estimate of drug-likeness (QED) is 0.672. The topological polar surface area (TPSA) is 84.7 Å². The van der Waals surface area contributed by atoms with Gasteiger partial charge in [-0.05, 0) is 45.4 Å². The first kappa shape index (κ1) is 19.1. The molecule has 142 valence electrons. The molecular weight excluding hydrogens is 364 g/mol. The fourth-order valence-electron chi connectivity index (χ4n) is 2.63. The molecule has 3 aromatic rings. The summed E-state index contributed by atoms with van der Waals surface area (Å²) in [5, 5.41) is 6.80. The average molecular weight is 387 g/mol. The maximum atomic E-state index is 12.5. The fourth-order valence-corrected chi connectivity index (χ4v) is 2.76. The van der Waals surface area contributed by atoms with Gasteiger partial charge in [-0.3, -0.25) is 4.79 Å². The minimum absolute atomic E-state index is 0.00252. The second kappa shape index (κ2) is 7.92. The molecule has 0 saturated carbocycles. The standard InChI is InChI=1S/C19H23ClN6O/c1-11(2)23-19(27)17-24-16(21-9-13-5-7-14(20)8-6-13)15-18(25-17)26(10-22-15)12(3)4/h5-8,10-12H,9H2,1-4H3,(H,23,27)(H,21,24,25). The minimum Gasteiger partial charge on any atom is -0.364 e. The van der Waals surface area contributed by atoms with Crippen LogP contribution in [0.25, 0.3) is 11.2 Å². The van der Waals surface area contributed by atoms with E-state index in [1.807, 2.05) is 56.5 Å². The van der Waals surface area contributed by atoms with Crippen LogP contribution >= 0.6 is 11.6 Å². The van der Waals surface area contributed by atoms with Crippen molar-refractivity contribution in [3.63, 3.8) is 0 Å². The molecule has 1 aromatic carbocycles. The van der Waals surface area contributed by atoms with Crippen molar-refractivity contribution < 1.29 is 4.79 Å². The van der Waals surface area contributed by atoms with E-state index in [1.54, 1.807) is 6.33 Å². The Morgan fingerprint density at radius 1 is 1.15 bits per heavy atom. The van der Waals surface area contributed by atoms with E-state index in [0.717, 1.165) is 5.56 Å². The molecule has 0 aliphatic carbocycles. The predicted molar refractivity (Wildman–Crippen MR) is 107 cm³/mol. The number of anilines is 1. The number of hydrogen-bond acceptors (Lipinski definition) is 5. The van der Waals surface area contributed by atoms with Crippen LogP contribution in [0.2, 0.25) is 5.02 Å². The molecule has 3 rings (SSSR count). The molecule has 0 bridgehead atoms. The van der Waals surface area contributed by atoms with Crippen molar-refractivity contribution in [2.24, 2.45) is 0 Å². The molecule has 7 nitrogen and oxygen atoms in total. The van der Waals surface area contributed by atoms with Gasteiger partial charge in [0.2, 0.25) is 5.82 Å². The number of nitrogens with one attached hydrogen (secondary N) is 2. The molecule has 0 fully saturated rings. The van der Waals surface area contributed by atoms with Crippen molar-refractivity contribution in [2.75, 3.05) is 5.32 Å². The van der Waals surface area contributed by atoms with Gasteiger partial charge in [-0.2, -0.15) is 0 Å². The molecule has 0 unspecified atom stereocenters. The van der Waals surface area contributed by atoms with Crippen molar-refractivity contribution in [1.82, 2.24) is 24.8 Å². The third-order valence-corrected chi connectivity index (χ3v) is 4.23. The molecule has 0 aliphatic heterocycles. The summed E-state index contributed by atoms with van der Waals surface area (Å²) in [7, 11) is 0. The van der Waals surface area contributed by atoms with Crippen molar-refractivity contribution >= 4 is 34.5 Å². The highest BCUT2D eigenvalue weighted by Gasteiger charge is 2.19. The van der Waals surface area contributed by atoms with Gasteiger partial charge < -0.3 is 15.2 Å². The molecule has 1 amide bonds. The Balaban J connectivity index is 1.98. The third-order valence-electron chi connectivity index (χ3n) is 3.97. The second-order valence-corrected chi connectivity index (χ2v) is 7.36.